The molecule has 0 aliphatic carbocycles. The molecule has 0 amide bonds. The van der Waals surface area contributed by atoms with Crippen molar-refractivity contribution in [2.75, 3.05) is 14.1 Å². The second-order valence-corrected chi connectivity index (χ2v) is 7.09. The number of aromatic nitrogens is 1. The van der Waals surface area contributed by atoms with Crippen LogP contribution in [-0.2, 0) is 6.54 Å². The van der Waals surface area contributed by atoms with E-state index in [1.807, 2.05) is 41.1 Å². The highest BCUT2D eigenvalue weighted by Gasteiger charge is 2.33. The van der Waals surface area contributed by atoms with Crippen molar-refractivity contribution in [3.05, 3.63) is 69.8 Å². The van der Waals surface area contributed by atoms with Crippen molar-refractivity contribution in [3.8, 4) is 21.7 Å². The van der Waals surface area contributed by atoms with Crippen molar-refractivity contribution in [3.63, 3.8) is 0 Å². The van der Waals surface area contributed by atoms with Crippen LogP contribution in [0.5, 0.6) is 0 Å². The van der Waals surface area contributed by atoms with Crippen LogP contribution in [-0.4, -0.2) is 18.8 Å². The predicted molar refractivity (Wildman–Crippen MR) is 92.5 cm³/mol. The van der Waals surface area contributed by atoms with E-state index in [0.717, 1.165) is 23.4 Å². The molecule has 1 aliphatic rings. The molecule has 3 nitrogen and oxygen atoms in total. The number of benzene rings is 1. The van der Waals surface area contributed by atoms with E-state index >= 15 is 0 Å². The molecule has 3 heterocycles. The monoisotopic (exact) mass is 309 g/mol. The zero-order valence-corrected chi connectivity index (χ0v) is 13.4. The van der Waals surface area contributed by atoms with Gasteiger partial charge in [-0.2, -0.15) is 4.68 Å². The lowest BCUT2D eigenvalue weighted by atomic mass is 10.1. The van der Waals surface area contributed by atoms with Gasteiger partial charge in [0.15, 0.2) is 0 Å². The number of quaternary nitrogens is 1. The molecule has 0 atom stereocenters. The first kappa shape index (κ1) is 13.5. The molecule has 22 heavy (non-hydrogen) atoms. The van der Waals surface area contributed by atoms with E-state index in [2.05, 4.69) is 31.6 Å². The molecule has 0 N–H and O–H groups in total. The van der Waals surface area contributed by atoms with Gasteiger partial charge >= 0.3 is 5.56 Å². The largest absolute Gasteiger partial charge is 0.304 e. The number of thiophene rings is 1. The Labute approximate surface area is 133 Å². The SMILES string of the molecule is C[N+]1(C)Cc2ccsc2-c2ccc(-c3ccccc3)c(=O)n21. The van der Waals surface area contributed by atoms with E-state index in [-0.39, 0.29) is 5.56 Å². The van der Waals surface area contributed by atoms with Crippen LogP contribution in [0.15, 0.2) is 58.7 Å². The molecule has 0 unspecified atom stereocenters. The Bertz CT molecular complexity index is 906. The quantitative estimate of drug-likeness (QED) is 0.631. The molecule has 1 aliphatic heterocycles. The van der Waals surface area contributed by atoms with Gasteiger partial charge in [-0.05, 0) is 29.1 Å². The first-order chi connectivity index (χ1) is 10.6. The van der Waals surface area contributed by atoms with Crippen molar-refractivity contribution in [1.29, 1.82) is 0 Å². The molecule has 0 spiro atoms. The number of fused-ring (bicyclic) bond motifs is 3. The Morgan fingerprint density at radius 2 is 1.82 bits per heavy atom. The van der Waals surface area contributed by atoms with Crippen molar-refractivity contribution in [2.24, 2.45) is 0 Å². The summed E-state index contributed by atoms with van der Waals surface area (Å²) >= 11 is 1.71. The molecule has 4 heteroatoms. The zero-order valence-electron chi connectivity index (χ0n) is 12.6. The second-order valence-electron chi connectivity index (χ2n) is 6.17. The van der Waals surface area contributed by atoms with Crippen LogP contribution in [0.3, 0.4) is 0 Å². The molecule has 0 saturated heterocycles. The summed E-state index contributed by atoms with van der Waals surface area (Å²) in [7, 11) is 4.17. The minimum atomic E-state index is 0.0766. The predicted octanol–water partition coefficient (Wildman–Crippen LogP) is 3.46. The third-order valence-electron chi connectivity index (χ3n) is 4.22. The van der Waals surface area contributed by atoms with Crippen LogP contribution in [0.2, 0.25) is 0 Å². The average Bonchev–Trinajstić information content (AvgIpc) is 2.95. The van der Waals surface area contributed by atoms with Gasteiger partial charge in [-0.1, -0.05) is 30.3 Å². The lowest BCUT2D eigenvalue weighted by Gasteiger charge is -2.36. The summed E-state index contributed by atoms with van der Waals surface area (Å²) in [5.74, 6) is 0. The molecule has 4 rings (SSSR count). The van der Waals surface area contributed by atoms with Crippen molar-refractivity contribution < 1.29 is 0 Å². The fraction of sp³-hybridized carbons (Fsp3) is 0.167. The molecule has 110 valence electrons. The van der Waals surface area contributed by atoms with E-state index < -0.39 is 0 Å². The van der Waals surface area contributed by atoms with E-state index in [4.69, 9.17) is 0 Å². The van der Waals surface area contributed by atoms with Gasteiger partial charge < -0.3 is 0 Å². The standard InChI is InChI=1S/C18H17N2OS/c1-20(2)12-14-10-11-22-17(14)16-9-8-15(18(21)19(16)20)13-6-4-3-5-7-13/h3-11H,12H2,1-2H3/q+1. The van der Waals surface area contributed by atoms with Gasteiger partial charge in [0, 0.05) is 5.56 Å². The number of hydrogen-bond donors (Lipinski definition) is 0. The van der Waals surface area contributed by atoms with Crippen LogP contribution in [0, 0.1) is 0 Å². The van der Waals surface area contributed by atoms with Crippen molar-refractivity contribution in [2.45, 2.75) is 6.54 Å². The van der Waals surface area contributed by atoms with Crippen molar-refractivity contribution in [1.82, 2.24) is 9.27 Å². The summed E-state index contributed by atoms with van der Waals surface area (Å²) in [5.41, 5.74) is 4.15. The number of hydrogen-bond acceptors (Lipinski definition) is 2. The second kappa shape index (κ2) is 4.66. The molecule has 3 aromatic rings. The Morgan fingerprint density at radius 1 is 1.05 bits per heavy atom. The molecule has 0 saturated carbocycles. The molecular weight excluding hydrogens is 292 g/mol. The van der Waals surface area contributed by atoms with Crippen LogP contribution < -0.4 is 10.2 Å². The Balaban J connectivity index is 2.03. The van der Waals surface area contributed by atoms with E-state index in [0.29, 0.717) is 4.59 Å². The van der Waals surface area contributed by atoms with Crippen LogP contribution >= 0.6 is 11.3 Å². The van der Waals surface area contributed by atoms with E-state index in [9.17, 15) is 4.79 Å². The number of pyridine rings is 1. The molecule has 0 radical (unpaired) electrons. The molecule has 1 aromatic carbocycles. The van der Waals surface area contributed by atoms with Gasteiger partial charge in [0.05, 0.1) is 24.5 Å². The minimum absolute atomic E-state index is 0.0766. The maximum Gasteiger partial charge on any atom is 0.304 e. The van der Waals surface area contributed by atoms with Gasteiger partial charge in [0.25, 0.3) is 0 Å². The van der Waals surface area contributed by atoms with Gasteiger partial charge in [-0.3, -0.25) is 4.79 Å². The van der Waals surface area contributed by atoms with Gasteiger partial charge in [-0.25, -0.2) is 4.59 Å². The van der Waals surface area contributed by atoms with Gasteiger partial charge in [0.2, 0.25) is 0 Å². The van der Waals surface area contributed by atoms with Crippen molar-refractivity contribution >= 4 is 11.3 Å². The van der Waals surface area contributed by atoms with Crippen LogP contribution in [0.4, 0.5) is 0 Å². The number of nitrogens with zero attached hydrogens (tertiary/aromatic N) is 2. The van der Waals surface area contributed by atoms with E-state index in [1.54, 1.807) is 11.3 Å². The molecular formula is C18H17N2OS+. The highest BCUT2D eigenvalue weighted by molar-refractivity contribution is 7.13. The van der Waals surface area contributed by atoms with Gasteiger partial charge in [-0.15, -0.1) is 11.3 Å². The highest BCUT2D eigenvalue weighted by Crippen LogP contribution is 2.35. The maximum atomic E-state index is 13.1. The molecule has 0 fully saturated rings. The average molecular weight is 309 g/mol. The normalized spacial score (nSPS) is 15.2. The fourth-order valence-electron chi connectivity index (χ4n) is 3.25. The Morgan fingerprint density at radius 3 is 2.59 bits per heavy atom. The minimum Gasteiger partial charge on any atom is -0.263 e. The topological polar surface area (TPSA) is 22.0 Å². The van der Waals surface area contributed by atoms with Gasteiger partial charge in [0.1, 0.15) is 12.2 Å². The summed E-state index contributed by atoms with van der Waals surface area (Å²) in [6.07, 6.45) is 0. The van der Waals surface area contributed by atoms with Crippen LogP contribution in [0.25, 0.3) is 21.7 Å². The summed E-state index contributed by atoms with van der Waals surface area (Å²) < 4.78 is 2.44. The Hall–Kier alpha value is -2.17. The fourth-order valence-corrected chi connectivity index (χ4v) is 4.17. The lowest BCUT2D eigenvalue weighted by Crippen LogP contribution is -2.57. The summed E-state index contributed by atoms with van der Waals surface area (Å²) in [6.45, 7) is 0.837. The third-order valence-corrected chi connectivity index (χ3v) is 5.20. The molecule has 2 aromatic heterocycles. The molecule has 0 bridgehead atoms. The zero-order chi connectivity index (χ0) is 15.3. The van der Waals surface area contributed by atoms with E-state index in [1.165, 1.54) is 10.4 Å². The first-order valence-corrected chi connectivity index (χ1v) is 8.18. The maximum absolute atomic E-state index is 13.1. The third kappa shape index (κ3) is 1.88. The summed E-state index contributed by atoms with van der Waals surface area (Å²) in [5, 5.41) is 2.11. The van der Waals surface area contributed by atoms with Crippen LogP contribution in [0.1, 0.15) is 5.56 Å². The highest BCUT2D eigenvalue weighted by atomic mass is 32.1. The number of rotatable bonds is 1. The summed E-state index contributed by atoms with van der Waals surface area (Å²) in [4.78, 5) is 14.3. The first-order valence-electron chi connectivity index (χ1n) is 7.30. The lowest BCUT2D eigenvalue weighted by molar-refractivity contribution is 0.186. The smallest absolute Gasteiger partial charge is 0.263 e. The Kier molecular flexibility index (Phi) is 2.86. The summed E-state index contributed by atoms with van der Waals surface area (Å²) in [6, 6.07) is 16.1.